The Bertz CT molecular complexity index is 293. The topological polar surface area (TPSA) is 20.2 Å². The summed E-state index contributed by atoms with van der Waals surface area (Å²) in [5.74, 6) is 0.657. The number of hydrogen-bond donors (Lipinski definition) is 1. The van der Waals surface area contributed by atoms with E-state index in [0.717, 1.165) is 22.2 Å². The Morgan fingerprint density at radius 1 is 1.43 bits per heavy atom. The van der Waals surface area contributed by atoms with Crippen molar-refractivity contribution in [3.8, 4) is 0 Å². The minimum atomic E-state index is -0.300. The first kappa shape index (κ1) is 12.2. The van der Waals surface area contributed by atoms with Crippen LogP contribution in [-0.2, 0) is 0 Å². The minimum absolute atomic E-state index is 0.300. The molecule has 1 unspecified atom stereocenters. The Kier molecular flexibility index (Phi) is 4.61. The van der Waals surface area contributed by atoms with Gasteiger partial charge >= 0.3 is 0 Å². The molecule has 0 radical (unpaired) electrons. The van der Waals surface area contributed by atoms with Crippen molar-refractivity contribution in [1.29, 1.82) is 0 Å². The van der Waals surface area contributed by atoms with E-state index in [4.69, 9.17) is 0 Å². The summed E-state index contributed by atoms with van der Waals surface area (Å²) in [4.78, 5) is 2.32. The predicted octanol–water partition coefficient (Wildman–Crippen LogP) is 4.29. The third-order valence-corrected chi connectivity index (χ3v) is 4.23. The maximum Gasteiger partial charge on any atom is 0.0893 e. The van der Waals surface area contributed by atoms with E-state index in [9.17, 15) is 5.11 Å². The van der Waals surface area contributed by atoms with Gasteiger partial charge in [-0.15, -0.1) is 11.3 Å². The van der Waals surface area contributed by atoms with Gasteiger partial charge in [0.2, 0.25) is 0 Å². The first-order valence-corrected chi connectivity index (χ1v) is 6.55. The minimum Gasteiger partial charge on any atom is -0.388 e. The van der Waals surface area contributed by atoms with Gasteiger partial charge in [-0.1, -0.05) is 13.8 Å². The molecule has 0 bridgehead atoms. The SMILES string of the molecule is Cc1cc(Br)c(C(O)CCC(C)C)s1. The van der Waals surface area contributed by atoms with Gasteiger partial charge in [-0.3, -0.25) is 0 Å². The number of aryl methyl sites for hydroxylation is 1. The lowest BCUT2D eigenvalue weighted by Gasteiger charge is -2.10. The summed E-state index contributed by atoms with van der Waals surface area (Å²) < 4.78 is 1.05. The second-order valence-electron chi connectivity index (χ2n) is 4.06. The smallest absolute Gasteiger partial charge is 0.0893 e. The van der Waals surface area contributed by atoms with E-state index in [1.54, 1.807) is 11.3 Å². The number of aliphatic hydroxyl groups excluding tert-OH is 1. The fourth-order valence-corrected chi connectivity index (χ4v) is 3.29. The number of thiophene rings is 1. The molecule has 0 amide bonds. The predicted molar refractivity (Wildman–Crippen MR) is 65.8 cm³/mol. The van der Waals surface area contributed by atoms with Crippen LogP contribution < -0.4 is 0 Å². The third kappa shape index (κ3) is 3.37. The average molecular weight is 277 g/mol. The molecule has 1 aromatic heterocycles. The number of aliphatic hydroxyl groups is 1. The van der Waals surface area contributed by atoms with E-state index in [-0.39, 0.29) is 6.10 Å². The van der Waals surface area contributed by atoms with Gasteiger partial charge in [0.05, 0.1) is 6.10 Å². The molecular formula is C11H17BrOS. The molecule has 0 aliphatic rings. The summed E-state index contributed by atoms with van der Waals surface area (Å²) in [6.07, 6.45) is 1.63. The number of hydrogen-bond acceptors (Lipinski definition) is 2. The van der Waals surface area contributed by atoms with Crippen LogP contribution in [0.25, 0.3) is 0 Å². The zero-order valence-corrected chi connectivity index (χ0v) is 11.3. The summed E-state index contributed by atoms with van der Waals surface area (Å²) in [5.41, 5.74) is 0. The molecule has 0 aliphatic carbocycles. The molecule has 0 spiro atoms. The van der Waals surface area contributed by atoms with Crippen LogP contribution in [0, 0.1) is 12.8 Å². The molecule has 0 fully saturated rings. The normalized spacial score (nSPS) is 13.6. The van der Waals surface area contributed by atoms with Gasteiger partial charge in [0.15, 0.2) is 0 Å². The van der Waals surface area contributed by atoms with Crippen molar-refractivity contribution in [2.45, 2.75) is 39.7 Å². The second kappa shape index (κ2) is 5.29. The monoisotopic (exact) mass is 276 g/mol. The highest BCUT2D eigenvalue weighted by Crippen LogP contribution is 2.34. The van der Waals surface area contributed by atoms with Crippen LogP contribution in [0.4, 0.5) is 0 Å². The van der Waals surface area contributed by atoms with Gasteiger partial charge < -0.3 is 5.11 Å². The summed E-state index contributed by atoms with van der Waals surface area (Å²) in [7, 11) is 0. The average Bonchev–Trinajstić information content (AvgIpc) is 2.41. The van der Waals surface area contributed by atoms with Crippen LogP contribution in [-0.4, -0.2) is 5.11 Å². The fourth-order valence-electron chi connectivity index (χ4n) is 1.35. The van der Waals surface area contributed by atoms with Gasteiger partial charge in [-0.2, -0.15) is 0 Å². The third-order valence-electron chi connectivity index (χ3n) is 2.16. The van der Waals surface area contributed by atoms with Crippen LogP contribution in [0.3, 0.4) is 0 Å². The lowest BCUT2D eigenvalue weighted by atomic mass is 10.0. The van der Waals surface area contributed by atoms with Crippen LogP contribution in [0.2, 0.25) is 0 Å². The highest BCUT2D eigenvalue weighted by molar-refractivity contribution is 9.10. The van der Waals surface area contributed by atoms with Crippen molar-refractivity contribution in [3.63, 3.8) is 0 Å². The molecule has 1 aromatic rings. The molecule has 1 rings (SSSR count). The number of rotatable bonds is 4. The standard InChI is InChI=1S/C11H17BrOS/c1-7(2)4-5-10(13)11-9(12)6-8(3)14-11/h6-7,10,13H,4-5H2,1-3H3. The van der Waals surface area contributed by atoms with Gasteiger partial charge in [0.1, 0.15) is 0 Å². The van der Waals surface area contributed by atoms with Crippen molar-refractivity contribution >= 4 is 27.3 Å². The molecule has 0 aromatic carbocycles. The molecule has 1 heterocycles. The summed E-state index contributed by atoms with van der Waals surface area (Å²) in [5, 5.41) is 9.94. The van der Waals surface area contributed by atoms with Crippen LogP contribution in [0.15, 0.2) is 10.5 Å². The summed E-state index contributed by atoms with van der Waals surface area (Å²) >= 11 is 5.15. The molecule has 0 aliphatic heterocycles. The van der Waals surface area contributed by atoms with Gasteiger partial charge in [-0.05, 0) is 47.7 Å². The molecule has 14 heavy (non-hydrogen) atoms. The fraction of sp³-hybridized carbons (Fsp3) is 0.636. The van der Waals surface area contributed by atoms with Crippen molar-refractivity contribution < 1.29 is 5.11 Å². The van der Waals surface area contributed by atoms with Gasteiger partial charge in [0.25, 0.3) is 0 Å². The largest absolute Gasteiger partial charge is 0.388 e. The molecule has 0 saturated carbocycles. The molecule has 1 nitrogen and oxygen atoms in total. The maximum absolute atomic E-state index is 9.94. The quantitative estimate of drug-likeness (QED) is 0.870. The van der Waals surface area contributed by atoms with Gasteiger partial charge in [-0.25, -0.2) is 0 Å². The summed E-state index contributed by atoms with van der Waals surface area (Å²) in [6, 6.07) is 2.07. The highest BCUT2D eigenvalue weighted by Gasteiger charge is 2.14. The zero-order chi connectivity index (χ0) is 10.7. The van der Waals surface area contributed by atoms with E-state index in [0.29, 0.717) is 5.92 Å². The van der Waals surface area contributed by atoms with Crippen molar-refractivity contribution in [3.05, 3.63) is 20.3 Å². The summed E-state index contributed by atoms with van der Waals surface area (Å²) in [6.45, 7) is 6.43. The zero-order valence-electron chi connectivity index (χ0n) is 8.88. The van der Waals surface area contributed by atoms with Crippen molar-refractivity contribution in [1.82, 2.24) is 0 Å². The molecular weight excluding hydrogens is 260 g/mol. The Hall–Kier alpha value is 0.140. The molecule has 1 N–H and O–H groups in total. The first-order valence-electron chi connectivity index (χ1n) is 4.94. The van der Waals surface area contributed by atoms with E-state index in [1.165, 1.54) is 4.88 Å². The van der Waals surface area contributed by atoms with Crippen molar-refractivity contribution in [2.24, 2.45) is 5.92 Å². The van der Waals surface area contributed by atoms with Crippen LogP contribution in [0.1, 0.15) is 42.5 Å². The van der Waals surface area contributed by atoms with E-state index in [1.807, 2.05) is 0 Å². The first-order chi connectivity index (χ1) is 6.50. The Balaban J connectivity index is 2.60. The Labute approximate surface area is 98.3 Å². The lowest BCUT2D eigenvalue weighted by Crippen LogP contribution is -1.98. The highest BCUT2D eigenvalue weighted by atomic mass is 79.9. The Morgan fingerprint density at radius 3 is 2.50 bits per heavy atom. The van der Waals surface area contributed by atoms with Crippen molar-refractivity contribution in [2.75, 3.05) is 0 Å². The van der Waals surface area contributed by atoms with Crippen LogP contribution in [0.5, 0.6) is 0 Å². The molecule has 3 heteroatoms. The van der Waals surface area contributed by atoms with E-state index >= 15 is 0 Å². The molecule has 0 saturated heterocycles. The second-order valence-corrected chi connectivity index (χ2v) is 6.20. The molecule has 1 atom stereocenters. The van der Waals surface area contributed by atoms with E-state index < -0.39 is 0 Å². The maximum atomic E-state index is 9.94. The lowest BCUT2D eigenvalue weighted by molar-refractivity contribution is 0.162. The van der Waals surface area contributed by atoms with Gasteiger partial charge in [0, 0.05) is 14.2 Å². The number of halogens is 1. The molecule has 80 valence electrons. The Morgan fingerprint density at radius 2 is 2.07 bits per heavy atom. The van der Waals surface area contributed by atoms with E-state index in [2.05, 4.69) is 42.8 Å². The van der Waals surface area contributed by atoms with Crippen LogP contribution >= 0.6 is 27.3 Å².